The van der Waals surface area contributed by atoms with Crippen molar-refractivity contribution in [1.82, 2.24) is 4.90 Å². The van der Waals surface area contributed by atoms with E-state index in [2.05, 4.69) is 15.9 Å². The van der Waals surface area contributed by atoms with Gasteiger partial charge in [-0.3, -0.25) is 14.9 Å². The van der Waals surface area contributed by atoms with Gasteiger partial charge >= 0.3 is 5.97 Å². The van der Waals surface area contributed by atoms with Crippen LogP contribution in [0, 0.1) is 10.1 Å². The summed E-state index contributed by atoms with van der Waals surface area (Å²) in [6.45, 7) is -0.120. The van der Waals surface area contributed by atoms with Crippen LogP contribution in [-0.2, 0) is 4.79 Å². The number of nitro groups is 1. The number of halogens is 1. The van der Waals surface area contributed by atoms with E-state index in [1.165, 1.54) is 12.1 Å². The van der Waals surface area contributed by atoms with Crippen LogP contribution in [0.4, 0.5) is 5.69 Å². The predicted molar refractivity (Wildman–Crippen MR) is 73.9 cm³/mol. The number of aliphatic carboxylic acids is 1. The smallest absolute Gasteiger partial charge is 0.326 e. The summed E-state index contributed by atoms with van der Waals surface area (Å²) < 4.78 is 0.323. The highest BCUT2D eigenvalue weighted by atomic mass is 79.9. The molecule has 2 N–H and O–H groups in total. The Kier molecular flexibility index (Phi) is 4.24. The maximum absolute atomic E-state index is 12.4. The second kappa shape index (κ2) is 5.78. The Morgan fingerprint density at radius 3 is 2.67 bits per heavy atom. The maximum Gasteiger partial charge on any atom is 0.326 e. The molecule has 0 saturated carbocycles. The number of likely N-dealkylation sites (tertiary alicyclic amines) is 1. The Labute approximate surface area is 127 Å². The minimum atomic E-state index is -1.22. The first kappa shape index (κ1) is 15.4. The van der Waals surface area contributed by atoms with E-state index in [9.17, 15) is 24.8 Å². The van der Waals surface area contributed by atoms with Crippen molar-refractivity contribution in [3.05, 3.63) is 38.3 Å². The Morgan fingerprint density at radius 1 is 1.43 bits per heavy atom. The molecular formula is C12H11BrN2O6. The molecule has 0 bridgehead atoms. The van der Waals surface area contributed by atoms with E-state index in [1.54, 1.807) is 0 Å². The number of carbonyl (C=O) groups is 2. The first-order valence-electron chi connectivity index (χ1n) is 5.97. The quantitative estimate of drug-likeness (QED) is 0.614. The summed E-state index contributed by atoms with van der Waals surface area (Å²) in [5, 5.41) is 29.4. The second-order valence-corrected chi connectivity index (χ2v) is 5.48. The molecule has 0 aromatic heterocycles. The van der Waals surface area contributed by atoms with E-state index in [0.29, 0.717) is 4.47 Å². The number of rotatable bonds is 3. The standard InChI is InChI=1S/C12H11BrN2O6/c13-9-2-1-6(15(20)21)3-8(9)11(17)14-5-7(16)4-10(14)12(18)19/h1-3,7,10,16H,4-5H2,(H,18,19). The lowest BCUT2D eigenvalue weighted by molar-refractivity contribution is -0.384. The zero-order valence-electron chi connectivity index (χ0n) is 10.6. The third kappa shape index (κ3) is 3.03. The van der Waals surface area contributed by atoms with E-state index in [-0.39, 0.29) is 24.2 Å². The highest BCUT2D eigenvalue weighted by molar-refractivity contribution is 9.10. The van der Waals surface area contributed by atoms with Crippen LogP contribution in [0.25, 0.3) is 0 Å². The predicted octanol–water partition coefficient (Wildman–Crippen LogP) is 1.02. The Morgan fingerprint density at radius 2 is 2.10 bits per heavy atom. The van der Waals surface area contributed by atoms with Crippen molar-refractivity contribution in [1.29, 1.82) is 0 Å². The molecule has 21 heavy (non-hydrogen) atoms. The summed E-state index contributed by atoms with van der Waals surface area (Å²) in [6, 6.07) is 2.52. The monoisotopic (exact) mass is 358 g/mol. The van der Waals surface area contributed by atoms with Gasteiger partial charge in [-0.25, -0.2) is 4.79 Å². The van der Waals surface area contributed by atoms with Crippen molar-refractivity contribution in [2.75, 3.05) is 6.54 Å². The number of hydrogen-bond acceptors (Lipinski definition) is 5. The Bertz CT molecular complexity index is 620. The zero-order chi connectivity index (χ0) is 15.7. The number of benzene rings is 1. The van der Waals surface area contributed by atoms with Crippen LogP contribution in [-0.4, -0.2) is 50.6 Å². The molecule has 0 aliphatic carbocycles. The van der Waals surface area contributed by atoms with Gasteiger partial charge in [0, 0.05) is 29.6 Å². The van der Waals surface area contributed by atoms with Crippen LogP contribution in [0.3, 0.4) is 0 Å². The summed E-state index contributed by atoms with van der Waals surface area (Å²) in [4.78, 5) is 34.7. The number of amides is 1. The van der Waals surface area contributed by atoms with Gasteiger partial charge in [-0.05, 0) is 22.0 Å². The fourth-order valence-corrected chi connectivity index (χ4v) is 2.63. The highest BCUT2D eigenvalue weighted by Gasteiger charge is 2.39. The molecule has 112 valence electrons. The Hall–Kier alpha value is -2.00. The Balaban J connectivity index is 2.37. The molecule has 8 nitrogen and oxygen atoms in total. The molecule has 1 saturated heterocycles. The van der Waals surface area contributed by atoms with Crippen LogP contribution in [0.1, 0.15) is 16.8 Å². The van der Waals surface area contributed by atoms with Crippen LogP contribution in [0.5, 0.6) is 0 Å². The highest BCUT2D eigenvalue weighted by Crippen LogP contribution is 2.27. The number of non-ortho nitro benzene ring substituents is 1. The number of β-amino-alcohol motifs (C(OH)–C–C–N with tert-alkyl or cyclic N) is 1. The van der Waals surface area contributed by atoms with E-state index >= 15 is 0 Å². The fourth-order valence-electron chi connectivity index (χ4n) is 2.22. The molecule has 0 spiro atoms. The van der Waals surface area contributed by atoms with Gasteiger partial charge in [-0.2, -0.15) is 0 Å². The molecule has 1 aromatic rings. The van der Waals surface area contributed by atoms with E-state index in [4.69, 9.17) is 5.11 Å². The molecule has 1 aliphatic heterocycles. The van der Waals surface area contributed by atoms with Crippen molar-refractivity contribution in [2.24, 2.45) is 0 Å². The van der Waals surface area contributed by atoms with E-state index in [0.717, 1.165) is 11.0 Å². The third-order valence-electron chi connectivity index (χ3n) is 3.22. The van der Waals surface area contributed by atoms with Crippen molar-refractivity contribution in [3.8, 4) is 0 Å². The van der Waals surface area contributed by atoms with E-state index in [1.807, 2.05) is 0 Å². The fraction of sp³-hybridized carbons (Fsp3) is 0.333. The molecule has 1 aliphatic rings. The molecule has 9 heteroatoms. The second-order valence-electron chi connectivity index (χ2n) is 4.62. The summed E-state index contributed by atoms with van der Waals surface area (Å²) in [5.41, 5.74) is -0.280. The topological polar surface area (TPSA) is 121 Å². The van der Waals surface area contributed by atoms with Crippen LogP contribution in [0.2, 0.25) is 0 Å². The van der Waals surface area contributed by atoms with Gasteiger partial charge in [-0.1, -0.05) is 0 Å². The zero-order valence-corrected chi connectivity index (χ0v) is 12.2. The van der Waals surface area contributed by atoms with Crippen molar-refractivity contribution < 1.29 is 24.7 Å². The largest absolute Gasteiger partial charge is 0.480 e. The minimum absolute atomic E-state index is 0.00968. The van der Waals surface area contributed by atoms with Gasteiger partial charge in [0.15, 0.2) is 0 Å². The van der Waals surface area contributed by atoms with Gasteiger partial charge in [0.1, 0.15) is 6.04 Å². The van der Waals surface area contributed by atoms with Gasteiger partial charge in [0.05, 0.1) is 16.6 Å². The summed E-state index contributed by atoms with van der Waals surface area (Å²) in [7, 11) is 0. The number of aliphatic hydroxyl groups excluding tert-OH is 1. The van der Waals surface area contributed by atoms with Crippen molar-refractivity contribution in [2.45, 2.75) is 18.6 Å². The normalized spacial score (nSPS) is 21.3. The van der Waals surface area contributed by atoms with Gasteiger partial charge in [-0.15, -0.1) is 0 Å². The van der Waals surface area contributed by atoms with Crippen molar-refractivity contribution in [3.63, 3.8) is 0 Å². The van der Waals surface area contributed by atoms with Gasteiger partial charge in [0.2, 0.25) is 0 Å². The molecule has 1 heterocycles. The van der Waals surface area contributed by atoms with E-state index < -0.39 is 28.9 Å². The molecule has 1 aromatic carbocycles. The summed E-state index contributed by atoms with van der Waals surface area (Å²) >= 11 is 3.12. The number of nitrogens with zero attached hydrogens (tertiary/aromatic N) is 2. The average molecular weight is 359 g/mol. The summed E-state index contributed by atoms with van der Waals surface area (Å²) in [5.74, 6) is -1.89. The number of carboxylic acid groups (broad SMARTS) is 1. The molecule has 0 radical (unpaired) electrons. The lowest BCUT2D eigenvalue weighted by atomic mass is 10.1. The number of carboxylic acids is 1. The first-order valence-corrected chi connectivity index (χ1v) is 6.76. The molecule has 1 amide bonds. The van der Waals surface area contributed by atoms with Gasteiger partial charge < -0.3 is 15.1 Å². The lowest BCUT2D eigenvalue weighted by Crippen LogP contribution is -2.40. The maximum atomic E-state index is 12.4. The van der Waals surface area contributed by atoms with Crippen LogP contribution in [0.15, 0.2) is 22.7 Å². The summed E-state index contributed by atoms with van der Waals surface area (Å²) in [6.07, 6.45) is -0.985. The van der Waals surface area contributed by atoms with Crippen LogP contribution >= 0.6 is 15.9 Å². The third-order valence-corrected chi connectivity index (χ3v) is 3.91. The molecular weight excluding hydrogens is 348 g/mol. The minimum Gasteiger partial charge on any atom is -0.480 e. The molecule has 2 unspecified atom stereocenters. The lowest BCUT2D eigenvalue weighted by Gasteiger charge is -2.21. The first-order chi connectivity index (χ1) is 9.81. The van der Waals surface area contributed by atoms with Gasteiger partial charge in [0.25, 0.3) is 11.6 Å². The molecule has 2 atom stereocenters. The molecule has 2 rings (SSSR count). The number of carbonyl (C=O) groups excluding carboxylic acids is 1. The SMILES string of the molecule is O=C(O)C1CC(O)CN1C(=O)c1cc([N+](=O)[O-])ccc1Br. The number of aliphatic hydroxyl groups is 1. The van der Waals surface area contributed by atoms with Crippen molar-refractivity contribution >= 4 is 33.5 Å². The van der Waals surface area contributed by atoms with Crippen LogP contribution < -0.4 is 0 Å². The number of nitro benzene ring substituents is 1. The molecule has 1 fully saturated rings. The number of hydrogen-bond donors (Lipinski definition) is 2. The average Bonchev–Trinajstić information content (AvgIpc) is 2.80.